The van der Waals surface area contributed by atoms with E-state index in [1.165, 1.54) is 6.07 Å². The first kappa shape index (κ1) is 23.2. The fraction of sp³-hybridized carbons (Fsp3) is 0.0833. The molecule has 0 atom stereocenters. The quantitative estimate of drug-likeness (QED) is 0.213. The lowest BCUT2D eigenvalue weighted by molar-refractivity contribution is -0.123. The van der Waals surface area contributed by atoms with Gasteiger partial charge in [0.1, 0.15) is 18.2 Å². The van der Waals surface area contributed by atoms with Gasteiger partial charge in [-0.2, -0.15) is 0 Å². The Morgan fingerprint density at radius 1 is 0.969 bits per heavy atom. The van der Waals surface area contributed by atoms with Crippen molar-refractivity contribution in [3.63, 3.8) is 0 Å². The van der Waals surface area contributed by atoms with E-state index in [0.717, 1.165) is 40.7 Å². The van der Waals surface area contributed by atoms with Gasteiger partial charge in [0.05, 0.1) is 18.6 Å². The van der Waals surface area contributed by atoms with Crippen molar-refractivity contribution in [3.8, 4) is 5.75 Å². The molecule has 4 nitrogen and oxygen atoms in total. The van der Waals surface area contributed by atoms with Crippen molar-refractivity contribution in [2.45, 2.75) is 13.2 Å². The Labute approximate surface area is 216 Å². The van der Waals surface area contributed by atoms with E-state index in [0.29, 0.717) is 17.1 Å². The van der Waals surface area contributed by atoms with Crippen molar-refractivity contribution in [2.24, 2.45) is 0 Å². The van der Waals surface area contributed by atoms with Gasteiger partial charge in [-0.1, -0.05) is 48.5 Å². The predicted molar refractivity (Wildman–Crippen MR) is 141 cm³/mol. The average Bonchev–Trinajstić information content (AvgIpc) is 3.02. The average molecular weight is 671 g/mol. The highest BCUT2D eigenvalue weighted by Crippen LogP contribution is 2.35. The first-order valence-corrected chi connectivity index (χ1v) is 12.5. The minimum absolute atomic E-state index is 0.0873. The number of nitrogens with zero attached hydrogens (tertiary/aromatic N) is 1. The molecule has 0 aliphatic carbocycles. The number of ether oxygens (including phenoxy) is 1. The number of carbonyl (C=O) groups excluding carboxylic acids is 2. The number of carbonyl (C=O) groups is 2. The van der Waals surface area contributed by atoms with Gasteiger partial charge in [0.15, 0.2) is 0 Å². The van der Waals surface area contributed by atoms with Crippen LogP contribution in [-0.4, -0.2) is 16.0 Å². The molecule has 1 aliphatic rings. The summed E-state index contributed by atoms with van der Waals surface area (Å²) in [5, 5.41) is -0.406. The molecule has 0 radical (unpaired) electrons. The van der Waals surface area contributed by atoms with Gasteiger partial charge in [0, 0.05) is 5.56 Å². The van der Waals surface area contributed by atoms with Crippen LogP contribution in [0.5, 0.6) is 5.75 Å². The standard InChI is InChI=1S/C24H16FI2NO3S/c25-18-9-5-4-8-17(18)13-28-23(29)21(32-24(28)30)12-16-10-19(26)22(20(27)11-16)31-14-15-6-2-1-3-7-15/h1-12H,13-14H2/b21-12-. The zero-order chi connectivity index (χ0) is 22.7. The normalized spacial score (nSPS) is 15.0. The van der Waals surface area contributed by atoms with Gasteiger partial charge in [-0.25, -0.2) is 4.39 Å². The molecule has 1 heterocycles. The molecule has 4 rings (SSSR count). The molecular weight excluding hydrogens is 655 g/mol. The van der Waals surface area contributed by atoms with Crippen LogP contribution in [0.25, 0.3) is 6.08 Å². The number of rotatable bonds is 6. The van der Waals surface area contributed by atoms with Crippen LogP contribution in [-0.2, 0) is 17.9 Å². The first-order valence-electron chi connectivity index (χ1n) is 9.57. The van der Waals surface area contributed by atoms with Crippen molar-refractivity contribution >= 4 is 74.2 Å². The molecule has 8 heteroatoms. The van der Waals surface area contributed by atoms with Crippen LogP contribution in [0, 0.1) is 13.0 Å². The molecule has 162 valence electrons. The highest BCUT2D eigenvalue weighted by atomic mass is 127. The Morgan fingerprint density at radius 2 is 1.62 bits per heavy atom. The van der Waals surface area contributed by atoms with E-state index in [4.69, 9.17) is 4.74 Å². The summed E-state index contributed by atoms with van der Waals surface area (Å²) in [4.78, 5) is 26.6. The van der Waals surface area contributed by atoms with Gasteiger partial charge in [0.25, 0.3) is 11.1 Å². The van der Waals surface area contributed by atoms with Crippen molar-refractivity contribution in [2.75, 3.05) is 0 Å². The molecule has 3 aromatic carbocycles. The number of benzene rings is 3. The zero-order valence-electron chi connectivity index (χ0n) is 16.6. The monoisotopic (exact) mass is 671 g/mol. The third-order valence-corrected chi connectivity index (χ3v) is 7.21. The highest BCUT2D eigenvalue weighted by molar-refractivity contribution is 14.1. The Bertz CT molecular complexity index is 1190. The van der Waals surface area contributed by atoms with Crippen molar-refractivity contribution < 1.29 is 18.7 Å². The summed E-state index contributed by atoms with van der Waals surface area (Å²) in [5.74, 6) is -0.0803. The third-order valence-electron chi connectivity index (χ3n) is 4.70. The van der Waals surface area contributed by atoms with Crippen LogP contribution < -0.4 is 4.74 Å². The summed E-state index contributed by atoms with van der Waals surface area (Å²) in [5.41, 5.74) is 2.18. The summed E-state index contributed by atoms with van der Waals surface area (Å²) in [6.07, 6.45) is 1.69. The van der Waals surface area contributed by atoms with E-state index in [1.807, 2.05) is 42.5 Å². The second-order valence-electron chi connectivity index (χ2n) is 6.95. The number of halogens is 3. The Hall–Kier alpha value is -1.92. The maximum Gasteiger partial charge on any atom is 0.293 e. The lowest BCUT2D eigenvalue weighted by atomic mass is 10.2. The lowest BCUT2D eigenvalue weighted by Crippen LogP contribution is -2.27. The molecule has 32 heavy (non-hydrogen) atoms. The van der Waals surface area contributed by atoms with Crippen molar-refractivity contribution in [3.05, 3.63) is 101 Å². The SMILES string of the molecule is O=C1S/C(=C\c2cc(I)c(OCc3ccccc3)c(I)c2)C(=O)N1Cc1ccccc1F. The topological polar surface area (TPSA) is 46.6 Å². The van der Waals surface area contributed by atoms with Crippen LogP contribution in [0.3, 0.4) is 0 Å². The molecule has 0 bridgehead atoms. The molecular formula is C24H16FI2NO3S. The molecule has 2 amide bonds. The van der Waals surface area contributed by atoms with Gasteiger partial charge < -0.3 is 4.74 Å². The summed E-state index contributed by atoms with van der Waals surface area (Å²) in [7, 11) is 0. The molecule has 0 unspecified atom stereocenters. The van der Waals surface area contributed by atoms with E-state index < -0.39 is 17.0 Å². The second kappa shape index (κ2) is 10.3. The lowest BCUT2D eigenvalue weighted by Gasteiger charge is -2.13. The van der Waals surface area contributed by atoms with Crippen molar-refractivity contribution in [1.29, 1.82) is 0 Å². The fourth-order valence-corrected chi connectivity index (χ4v) is 6.08. The highest BCUT2D eigenvalue weighted by Gasteiger charge is 2.35. The van der Waals surface area contributed by atoms with Crippen LogP contribution in [0.1, 0.15) is 16.7 Å². The molecule has 1 fully saturated rings. The third kappa shape index (κ3) is 5.34. The van der Waals surface area contributed by atoms with Crippen LogP contribution in [0.2, 0.25) is 0 Å². The van der Waals surface area contributed by atoms with E-state index in [1.54, 1.807) is 24.3 Å². The molecule has 1 aliphatic heterocycles. The van der Waals surface area contributed by atoms with Crippen LogP contribution in [0.4, 0.5) is 9.18 Å². The number of imide groups is 1. The molecule has 1 saturated heterocycles. The van der Waals surface area contributed by atoms with E-state index in [2.05, 4.69) is 45.2 Å². The second-order valence-corrected chi connectivity index (χ2v) is 10.3. The van der Waals surface area contributed by atoms with Gasteiger partial charge in [0.2, 0.25) is 0 Å². The summed E-state index contributed by atoms with van der Waals surface area (Å²) < 4.78 is 21.8. The Kier molecular flexibility index (Phi) is 7.51. The molecule has 0 aromatic heterocycles. The summed E-state index contributed by atoms with van der Waals surface area (Å²) in [6.45, 7) is 0.372. The summed E-state index contributed by atoms with van der Waals surface area (Å²) in [6, 6.07) is 19.9. The van der Waals surface area contributed by atoms with E-state index >= 15 is 0 Å². The van der Waals surface area contributed by atoms with E-state index in [9.17, 15) is 14.0 Å². The maximum atomic E-state index is 14.0. The smallest absolute Gasteiger partial charge is 0.293 e. The zero-order valence-corrected chi connectivity index (χ0v) is 21.7. The number of hydrogen-bond donors (Lipinski definition) is 0. The Morgan fingerprint density at radius 3 is 2.31 bits per heavy atom. The number of thioether (sulfide) groups is 1. The molecule has 0 spiro atoms. The molecule has 0 saturated carbocycles. The minimum Gasteiger partial charge on any atom is -0.487 e. The van der Waals surface area contributed by atoms with E-state index in [-0.39, 0.29) is 6.54 Å². The van der Waals surface area contributed by atoms with Gasteiger partial charge in [-0.05, 0) is 92.3 Å². The first-order chi connectivity index (χ1) is 15.4. The minimum atomic E-state index is -0.439. The van der Waals surface area contributed by atoms with Gasteiger partial charge in [-0.3, -0.25) is 14.5 Å². The van der Waals surface area contributed by atoms with Gasteiger partial charge >= 0.3 is 0 Å². The number of hydrogen-bond acceptors (Lipinski definition) is 4. The van der Waals surface area contributed by atoms with Crippen LogP contribution >= 0.6 is 56.9 Å². The van der Waals surface area contributed by atoms with Gasteiger partial charge in [-0.15, -0.1) is 0 Å². The molecule has 3 aromatic rings. The Balaban J connectivity index is 1.51. The number of amides is 2. The largest absolute Gasteiger partial charge is 0.487 e. The van der Waals surface area contributed by atoms with Crippen LogP contribution in [0.15, 0.2) is 71.6 Å². The predicted octanol–water partition coefficient (Wildman–Crippen LogP) is 6.85. The maximum absolute atomic E-state index is 14.0. The fourth-order valence-electron chi connectivity index (χ4n) is 3.12. The molecule has 0 N–H and O–H groups in total. The summed E-state index contributed by atoms with van der Waals surface area (Å²) >= 11 is 5.27. The van der Waals surface area contributed by atoms with Crippen molar-refractivity contribution in [1.82, 2.24) is 4.90 Å².